The van der Waals surface area contributed by atoms with Gasteiger partial charge in [-0.2, -0.15) is 0 Å². The van der Waals surface area contributed by atoms with E-state index in [1.165, 1.54) is 0 Å². The zero-order chi connectivity index (χ0) is 18.1. The number of carbonyl (C=O) groups excluding carboxylic acids is 1. The molecule has 1 fully saturated rings. The summed E-state index contributed by atoms with van der Waals surface area (Å²) >= 11 is 0. The van der Waals surface area contributed by atoms with Crippen LogP contribution in [0.5, 0.6) is 0 Å². The van der Waals surface area contributed by atoms with E-state index in [0.717, 1.165) is 28.1 Å². The second-order valence-corrected chi connectivity index (χ2v) is 6.79. The molecule has 4 rings (SSSR count). The third-order valence-electron chi connectivity index (χ3n) is 5.00. The number of hydrogen-bond donors (Lipinski definition) is 2. The molecule has 0 radical (unpaired) electrons. The maximum Gasteiger partial charge on any atom is 0.244 e. The fraction of sp³-hybridized carbons (Fsp3) is 0.300. The number of nitrogens with two attached hydrogens (primary N) is 1. The molecule has 1 saturated heterocycles. The normalized spacial score (nSPS) is 15.4. The van der Waals surface area contributed by atoms with E-state index in [1.807, 2.05) is 55.6 Å². The molecule has 28 heavy (non-hydrogen) atoms. The summed E-state index contributed by atoms with van der Waals surface area (Å²) in [5, 5.41) is 2.96. The Hall–Kier alpha value is -2.12. The monoisotopic (exact) mass is 422 g/mol. The molecule has 2 heterocycles. The molecule has 0 bridgehead atoms. The van der Waals surface area contributed by atoms with Gasteiger partial charge in [0.15, 0.2) is 0 Å². The third-order valence-corrected chi connectivity index (χ3v) is 5.00. The lowest BCUT2D eigenvalue weighted by atomic mass is 9.90. The summed E-state index contributed by atoms with van der Waals surface area (Å²) in [5.41, 5.74) is 9.08. The minimum Gasteiger partial charge on any atom is -0.381 e. The zero-order valence-electron chi connectivity index (χ0n) is 15.6. The predicted octanol–water partition coefficient (Wildman–Crippen LogP) is 3.53. The molecule has 0 unspecified atom stereocenters. The Kier molecular flexibility index (Phi) is 7.06. The molecule has 6 nitrogen and oxygen atoms in total. The number of anilines is 1. The van der Waals surface area contributed by atoms with E-state index in [4.69, 9.17) is 15.5 Å². The summed E-state index contributed by atoms with van der Waals surface area (Å²) in [5.74, 6) is 0.693. The lowest BCUT2D eigenvalue weighted by molar-refractivity contribution is -0.124. The Morgan fingerprint density at radius 1 is 1.14 bits per heavy atom. The van der Waals surface area contributed by atoms with E-state index in [0.29, 0.717) is 26.1 Å². The number of carbonyl (C=O) groups is 1. The Bertz CT molecular complexity index is 968. The van der Waals surface area contributed by atoms with Gasteiger partial charge in [-0.05, 0) is 37.1 Å². The molecule has 0 spiro atoms. The third kappa shape index (κ3) is 4.15. The van der Waals surface area contributed by atoms with Gasteiger partial charge in [-0.3, -0.25) is 4.79 Å². The van der Waals surface area contributed by atoms with Gasteiger partial charge in [0.25, 0.3) is 0 Å². The van der Waals surface area contributed by atoms with Crippen LogP contribution in [0.3, 0.4) is 0 Å². The second-order valence-electron chi connectivity index (χ2n) is 6.79. The van der Waals surface area contributed by atoms with Crippen molar-refractivity contribution in [2.24, 2.45) is 12.8 Å². The number of hydrogen-bond acceptors (Lipinski definition) is 4. The number of aromatic nitrogens is 2. The van der Waals surface area contributed by atoms with Crippen LogP contribution in [-0.4, -0.2) is 34.2 Å². The van der Waals surface area contributed by atoms with Gasteiger partial charge in [-0.1, -0.05) is 24.3 Å². The van der Waals surface area contributed by atoms with Gasteiger partial charge >= 0.3 is 0 Å². The van der Waals surface area contributed by atoms with Crippen LogP contribution >= 0.6 is 24.8 Å². The molecule has 0 aliphatic carbocycles. The van der Waals surface area contributed by atoms with E-state index in [9.17, 15) is 4.79 Å². The lowest BCUT2D eigenvalue weighted by Crippen LogP contribution is -2.54. The first-order chi connectivity index (χ1) is 12.6. The fourth-order valence-electron chi connectivity index (χ4n) is 3.36. The quantitative estimate of drug-likeness (QED) is 0.675. The minimum absolute atomic E-state index is 0. The van der Waals surface area contributed by atoms with Crippen LogP contribution in [0.4, 0.5) is 5.69 Å². The molecule has 3 aromatic rings. The van der Waals surface area contributed by atoms with Gasteiger partial charge in [0.2, 0.25) is 5.91 Å². The predicted molar refractivity (Wildman–Crippen MR) is 116 cm³/mol. The van der Waals surface area contributed by atoms with Crippen molar-refractivity contribution in [3.05, 3.63) is 48.5 Å². The standard InChI is InChI=1S/C20H22N4O2.2ClH/c1-24-17-8-3-2-7-16(17)23-18(24)14-5-4-6-15(13-14)22-19(25)20(21)9-11-26-12-10-20;;/h2-8,13H,9-12,21H2,1H3,(H,22,25);2*1H. The summed E-state index contributed by atoms with van der Waals surface area (Å²) in [7, 11) is 1.99. The highest BCUT2D eigenvalue weighted by atomic mass is 35.5. The smallest absolute Gasteiger partial charge is 0.244 e. The van der Waals surface area contributed by atoms with Crippen LogP contribution < -0.4 is 11.1 Å². The first kappa shape index (κ1) is 22.2. The largest absolute Gasteiger partial charge is 0.381 e. The van der Waals surface area contributed by atoms with Gasteiger partial charge in [0.05, 0.1) is 11.0 Å². The van der Waals surface area contributed by atoms with Crippen LogP contribution in [0.2, 0.25) is 0 Å². The number of aryl methyl sites for hydroxylation is 1. The van der Waals surface area contributed by atoms with Gasteiger partial charge < -0.3 is 20.4 Å². The maximum atomic E-state index is 12.6. The molecule has 1 aromatic heterocycles. The average Bonchev–Trinajstić information content (AvgIpc) is 3.00. The number of nitrogens with one attached hydrogen (secondary N) is 1. The second kappa shape index (κ2) is 8.92. The van der Waals surface area contributed by atoms with E-state index >= 15 is 0 Å². The first-order valence-corrected chi connectivity index (χ1v) is 8.77. The highest BCUT2D eigenvalue weighted by Gasteiger charge is 2.35. The SMILES string of the molecule is Cl.Cl.Cn1c(-c2cccc(NC(=O)C3(N)CCOCC3)c2)nc2ccccc21. The number of imidazole rings is 1. The molecule has 0 saturated carbocycles. The number of rotatable bonds is 3. The van der Waals surface area contributed by atoms with Gasteiger partial charge in [-0.25, -0.2) is 4.98 Å². The highest BCUT2D eigenvalue weighted by Crippen LogP contribution is 2.26. The van der Waals surface area contributed by atoms with Crippen molar-refractivity contribution in [2.45, 2.75) is 18.4 Å². The molecule has 1 aliphatic heterocycles. The lowest BCUT2D eigenvalue weighted by Gasteiger charge is -2.31. The van der Waals surface area contributed by atoms with Crippen molar-refractivity contribution in [3.8, 4) is 11.4 Å². The number of amides is 1. The van der Waals surface area contributed by atoms with Crippen molar-refractivity contribution in [1.29, 1.82) is 0 Å². The summed E-state index contributed by atoms with van der Waals surface area (Å²) in [6.45, 7) is 1.04. The van der Waals surface area contributed by atoms with Crippen LogP contribution in [0.25, 0.3) is 22.4 Å². The van der Waals surface area contributed by atoms with E-state index in [-0.39, 0.29) is 30.7 Å². The summed E-state index contributed by atoms with van der Waals surface area (Å²) in [6.07, 6.45) is 1.06. The summed E-state index contributed by atoms with van der Waals surface area (Å²) < 4.78 is 7.37. The van der Waals surface area contributed by atoms with Gasteiger partial charge in [0, 0.05) is 31.5 Å². The maximum absolute atomic E-state index is 12.6. The van der Waals surface area contributed by atoms with Crippen LogP contribution in [0.15, 0.2) is 48.5 Å². The Morgan fingerprint density at radius 3 is 2.57 bits per heavy atom. The number of fused-ring (bicyclic) bond motifs is 1. The van der Waals surface area contributed by atoms with Gasteiger partial charge in [-0.15, -0.1) is 24.8 Å². The Balaban J connectivity index is 0.00000140. The Morgan fingerprint density at radius 2 is 1.86 bits per heavy atom. The first-order valence-electron chi connectivity index (χ1n) is 8.77. The number of nitrogens with zero attached hydrogens (tertiary/aromatic N) is 2. The van der Waals surface area contributed by atoms with Crippen molar-refractivity contribution < 1.29 is 9.53 Å². The molecule has 150 valence electrons. The molecule has 2 aromatic carbocycles. The molecule has 8 heteroatoms. The van der Waals surface area contributed by atoms with Gasteiger partial charge in [0.1, 0.15) is 11.4 Å². The fourth-order valence-corrected chi connectivity index (χ4v) is 3.36. The number of ether oxygens (including phenoxy) is 1. The molecule has 1 aliphatic rings. The van der Waals surface area contributed by atoms with Crippen molar-refractivity contribution >= 4 is 47.4 Å². The molecular formula is C20H24Cl2N4O2. The van der Waals surface area contributed by atoms with Crippen molar-refractivity contribution in [3.63, 3.8) is 0 Å². The number of halogens is 2. The van der Waals surface area contributed by atoms with Crippen molar-refractivity contribution in [2.75, 3.05) is 18.5 Å². The van der Waals surface area contributed by atoms with Crippen LogP contribution in [0, 0.1) is 0 Å². The topological polar surface area (TPSA) is 82.2 Å². The summed E-state index contributed by atoms with van der Waals surface area (Å²) in [4.78, 5) is 17.3. The minimum atomic E-state index is -0.869. The molecular weight excluding hydrogens is 399 g/mol. The van der Waals surface area contributed by atoms with E-state index in [1.54, 1.807) is 0 Å². The molecule has 1 amide bonds. The molecule has 0 atom stereocenters. The zero-order valence-corrected chi connectivity index (χ0v) is 17.2. The Labute approximate surface area is 176 Å². The highest BCUT2D eigenvalue weighted by molar-refractivity contribution is 5.98. The van der Waals surface area contributed by atoms with Crippen LogP contribution in [-0.2, 0) is 16.6 Å². The van der Waals surface area contributed by atoms with E-state index in [2.05, 4.69) is 9.88 Å². The summed E-state index contributed by atoms with van der Waals surface area (Å²) in [6, 6.07) is 15.7. The van der Waals surface area contributed by atoms with E-state index < -0.39 is 5.54 Å². The number of benzene rings is 2. The number of para-hydroxylation sites is 2. The molecule has 3 N–H and O–H groups in total. The average molecular weight is 423 g/mol. The van der Waals surface area contributed by atoms with Crippen molar-refractivity contribution in [1.82, 2.24) is 9.55 Å². The van der Waals surface area contributed by atoms with Crippen LogP contribution in [0.1, 0.15) is 12.8 Å².